The predicted octanol–water partition coefficient (Wildman–Crippen LogP) is 2.53. The van der Waals surface area contributed by atoms with Crippen LogP contribution in [0.25, 0.3) is 0 Å². The first kappa shape index (κ1) is 14.1. The number of allylic oxidation sites excluding steroid dienone is 2. The molecule has 5 nitrogen and oxygen atoms in total. The first-order valence-corrected chi connectivity index (χ1v) is 6.39. The highest BCUT2D eigenvalue weighted by Crippen LogP contribution is 2.22. The summed E-state index contributed by atoms with van der Waals surface area (Å²) in [5.41, 5.74) is 5.18. The van der Waals surface area contributed by atoms with Crippen LogP contribution in [0.5, 0.6) is 11.5 Å². The molecule has 0 saturated heterocycles. The topological polar surface area (TPSA) is 59.9 Å². The van der Waals surface area contributed by atoms with E-state index in [4.69, 9.17) is 9.47 Å². The van der Waals surface area contributed by atoms with E-state index in [1.807, 2.05) is 6.08 Å². The second-order valence-corrected chi connectivity index (χ2v) is 4.64. The van der Waals surface area contributed by atoms with E-state index in [0.717, 1.165) is 18.6 Å². The standard InChI is InChI=1S/C15H18N2O3/c1-10-4-5-12(6-10)16-17-15(18)11-7-13(19-2)9-14(8-11)20-3/h6-9H,4-5H2,1-3H3,(H,17,18)/b16-12-. The third-order valence-electron chi connectivity index (χ3n) is 3.10. The Morgan fingerprint density at radius 3 is 2.30 bits per heavy atom. The predicted molar refractivity (Wildman–Crippen MR) is 77.4 cm³/mol. The van der Waals surface area contributed by atoms with Gasteiger partial charge in [-0.25, -0.2) is 5.43 Å². The van der Waals surface area contributed by atoms with Crippen LogP contribution >= 0.6 is 0 Å². The second-order valence-electron chi connectivity index (χ2n) is 4.64. The molecule has 5 heteroatoms. The number of hydrogen-bond donors (Lipinski definition) is 1. The van der Waals surface area contributed by atoms with Crippen molar-refractivity contribution in [3.63, 3.8) is 0 Å². The molecule has 1 N–H and O–H groups in total. The number of nitrogens with one attached hydrogen (secondary N) is 1. The van der Waals surface area contributed by atoms with Crippen molar-refractivity contribution in [2.45, 2.75) is 19.8 Å². The van der Waals surface area contributed by atoms with Crippen molar-refractivity contribution in [3.05, 3.63) is 35.4 Å². The summed E-state index contributed by atoms with van der Waals surface area (Å²) in [4.78, 5) is 12.1. The van der Waals surface area contributed by atoms with E-state index in [1.54, 1.807) is 32.4 Å². The molecule has 0 aliphatic heterocycles. The molecule has 0 spiro atoms. The van der Waals surface area contributed by atoms with Gasteiger partial charge in [-0.05, 0) is 38.0 Å². The average molecular weight is 274 g/mol. The quantitative estimate of drug-likeness (QED) is 0.858. The molecule has 0 unspecified atom stereocenters. The van der Waals surface area contributed by atoms with Crippen molar-refractivity contribution in [2.75, 3.05) is 14.2 Å². The van der Waals surface area contributed by atoms with E-state index in [0.29, 0.717) is 17.1 Å². The molecule has 0 fully saturated rings. The Hall–Kier alpha value is -2.30. The van der Waals surface area contributed by atoms with Crippen LogP contribution in [0.15, 0.2) is 34.9 Å². The first-order valence-electron chi connectivity index (χ1n) is 6.39. The van der Waals surface area contributed by atoms with Crippen LogP contribution in [0.1, 0.15) is 30.1 Å². The highest BCUT2D eigenvalue weighted by molar-refractivity contribution is 6.00. The van der Waals surface area contributed by atoms with Gasteiger partial charge in [0.2, 0.25) is 0 Å². The molecule has 1 aliphatic carbocycles. The Kier molecular flexibility index (Phi) is 4.40. The molecule has 0 atom stereocenters. The fourth-order valence-electron chi connectivity index (χ4n) is 1.97. The van der Waals surface area contributed by atoms with E-state index < -0.39 is 0 Å². The van der Waals surface area contributed by atoms with Gasteiger partial charge in [0.05, 0.1) is 19.9 Å². The number of amides is 1. The molecule has 20 heavy (non-hydrogen) atoms. The zero-order valence-electron chi connectivity index (χ0n) is 11.9. The largest absolute Gasteiger partial charge is 0.497 e. The molecule has 2 rings (SSSR count). The van der Waals surface area contributed by atoms with Gasteiger partial charge >= 0.3 is 0 Å². The van der Waals surface area contributed by atoms with E-state index in [2.05, 4.69) is 17.5 Å². The average Bonchev–Trinajstić information content (AvgIpc) is 2.89. The van der Waals surface area contributed by atoms with E-state index in [1.165, 1.54) is 5.57 Å². The Labute approximate surface area is 118 Å². The van der Waals surface area contributed by atoms with Crippen LogP contribution in [0.2, 0.25) is 0 Å². The third-order valence-corrected chi connectivity index (χ3v) is 3.10. The number of ether oxygens (including phenoxy) is 2. The molecule has 0 bridgehead atoms. The summed E-state index contributed by atoms with van der Waals surface area (Å²) in [5, 5.41) is 4.12. The lowest BCUT2D eigenvalue weighted by atomic mass is 10.2. The molecule has 1 aromatic carbocycles. The maximum atomic E-state index is 12.1. The number of carbonyl (C=O) groups excluding carboxylic acids is 1. The van der Waals surface area contributed by atoms with Gasteiger partial charge < -0.3 is 9.47 Å². The fraction of sp³-hybridized carbons (Fsp3) is 0.333. The Bertz CT molecular complexity index is 554. The summed E-state index contributed by atoms with van der Waals surface area (Å²) in [7, 11) is 3.09. The van der Waals surface area contributed by atoms with Gasteiger partial charge in [0.15, 0.2) is 0 Å². The van der Waals surface area contributed by atoms with Crippen LogP contribution in [-0.2, 0) is 0 Å². The van der Waals surface area contributed by atoms with Crippen LogP contribution in [0, 0.1) is 0 Å². The van der Waals surface area contributed by atoms with Crippen molar-refractivity contribution in [1.29, 1.82) is 0 Å². The highest BCUT2D eigenvalue weighted by atomic mass is 16.5. The number of methoxy groups -OCH3 is 2. The van der Waals surface area contributed by atoms with Gasteiger partial charge in [-0.1, -0.05) is 5.57 Å². The number of nitrogens with zero attached hydrogens (tertiary/aromatic N) is 1. The lowest BCUT2D eigenvalue weighted by Crippen LogP contribution is -2.19. The lowest BCUT2D eigenvalue weighted by molar-refractivity contribution is 0.0954. The monoisotopic (exact) mass is 274 g/mol. The molecule has 0 heterocycles. The summed E-state index contributed by atoms with van der Waals surface area (Å²) in [6.45, 7) is 2.05. The normalized spacial score (nSPS) is 15.9. The third kappa shape index (κ3) is 3.38. The van der Waals surface area contributed by atoms with Crippen molar-refractivity contribution >= 4 is 11.6 Å². The van der Waals surface area contributed by atoms with Crippen molar-refractivity contribution in [1.82, 2.24) is 5.43 Å². The summed E-state index contributed by atoms with van der Waals surface area (Å²) in [5.74, 6) is 0.852. The van der Waals surface area contributed by atoms with Crippen LogP contribution in [0.4, 0.5) is 0 Å². The zero-order valence-corrected chi connectivity index (χ0v) is 11.9. The summed E-state index contributed by atoms with van der Waals surface area (Å²) in [6.07, 6.45) is 3.86. The Morgan fingerprint density at radius 1 is 1.15 bits per heavy atom. The van der Waals surface area contributed by atoms with Crippen molar-refractivity contribution in [2.24, 2.45) is 5.10 Å². The molecule has 0 saturated carbocycles. The number of carbonyl (C=O) groups is 1. The highest BCUT2D eigenvalue weighted by Gasteiger charge is 2.11. The van der Waals surface area contributed by atoms with Crippen LogP contribution in [0.3, 0.4) is 0 Å². The number of benzene rings is 1. The summed E-state index contributed by atoms with van der Waals surface area (Å²) >= 11 is 0. The van der Waals surface area contributed by atoms with Gasteiger partial charge in [-0.2, -0.15) is 5.10 Å². The minimum Gasteiger partial charge on any atom is -0.497 e. The second kappa shape index (κ2) is 6.23. The van der Waals surface area contributed by atoms with E-state index >= 15 is 0 Å². The van der Waals surface area contributed by atoms with Gasteiger partial charge in [-0.15, -0.1) is 0 Å². The zero-order chi connectivity index (χ0) is 14.5. The Morgan fingerprint density at radius 2 is 1.80 bits per heavy atom. The smallest absolute Gasteiger partial charge is 0.271 e. The van der Waals surface area contributed by atoms with E-state index in [9.17, 15) is 4.79 Å². The van der Waals surface area contributed by atoms with Crippen molar-refractivity contribution in [3.8, 4) is 11.5 Å². The SMILES string of the molecule is COc1cc(OC)cc(C(=O)N/N=C2\C=C(C)CC2)c1. The molecule has 0 radical (unpaired) electrons. The van der Waals surface area contributed by atoms with Crippen LogP contribution < -0.4 is 14.9 Å². The number of rotatable bonds is 4. The van der Waals surface area contributed by atoms with Gasteiger partial charge in [0.25, 0.3) is 5.91 Å². The maximum Gasteiger partial charge on any atom is 0.271 e. The molecule has 1 aliphatic rings. The van der Waals surface area contributed by atoms with E-state index in [-0.39, 0.29) is 5.91 Å². The van der Waals surface area contributed by atoms with Crippen molar-refractivity contribution < 1.29 is 14.3 Å². The molecule has 1 aromatic rings. The van der Waals surface area contributed by atoms with Gasteiger partial charge in [-0.3, -0.25) is 4.79 Å². The summed E-state index contributed by atoms with van der Waals surface area (Å²) < 4.78 is 10.3. The number of hydrogen-bond acceptors (Lipinski definition) is 4. The fourth-order valence-corrected chi connectivity index (χ4v) is 1.97. The summed E-state index contributed by atoms with van der Waals surface area (Å²) in [6, 6.07) is 5.01. The molecule has 0 aromatic heterocycles. The lowest BCUT2D eigenvalue weighted by Gasteiger charge is -2.07. The Balaban J connectivity index is 2.13. The molecular weight excluding hydrogens is 256 g/mol. The molecule has 1 amide bonds. The minimum absolute atomic E-state index is 0.285. The van der Waals surface area contributed by atoms with Gasteiger partial charge in [0, 0.05) is 11.6 Å². The number of hydrazone groups is 1. The molecule has 106 valence electrons. The minimum atomic E-state index is -0.285. The first-order chi connectivity index (χ1) is 9.62. The maximum absolute atomic E-state index is 12.1. The van der Waals surface area contributed by atoms with Gasteiger partial charge in [0.1, 0.15) is 11.5 Å². The van der Waals surface area contributed by atoms with Crippen LogP contribution in [-0.4, -0.2) is 25.8 Å². The molecular formula is C15H18N2O3.